The van der Waals surface area contributed by atoms with Gasteiger partial charge in [-0.25, -0.2) is 13.1 Å². The molecule has 0 radical (unpaired) electrons. The maximum atomic E-state index is 11.6. The van der Waals surface area contributed by atoms with Gasteiger partial charge in [-0.3, -0.25) is 0 Å². The van der Waals surface area contributed by atoms with Gasteiger partial charge in [-0.15, -0.1) is 0 Å². The SMILES string of the molecule is COc1cccc(-n2cccn2)c1S(=O)(=O)Cl. The smallest absolute Gasteiger partial charge is 0.267 e. The summed E-state index contributed by atoms with van der Waals surface area (Å²) in [5, 5.41) is 3.97. The number of halogens is 1. The van der Waals surface area contributed by atoms with Gasteiger partial charge in [0.1, 0.15) is 10.6 Å². The van der Waals surface area contributed by atoms with E-state index in [4.69, 9.17) is 15.4 Å². The van der Waals surface area contributed by atoms with Crippen molar-refractivity contribution < 1.29 is 13.2 Å². The Labute approximate surface area is 103 Å². The first kappa shape index (κ1) is 11.9. The number of nitrogens with zero attached hydrogens (tertiary/aromatic N) is 2. The molecule has 0 aliphatic carbocycles. The van der Waals surface area contributed by atoms with Crippen molar-refractivity contribution in [3.05, 3.63) is 36.7 Å². The predicted molar refractivity (Wildman–Crippen MR) is 63.2 cm³/mol. The monoisotopic (exact) mass is 272 g/mol. The Balaban J connectivity index is 2.77. The second-order valence-corrected chi connectivity index (χ2v) is 5.70. The summed E-state index contributed by atoms with van der Waals surface area (Å²) in [6.45, 7) is 0. The lowest BCUT2D eigenvalue weighted by molar-refractivity contribution is 0.402. The molecular weight excluding hydrogens is 264 g/mol. The van der Waals surface area contributed by atoms with Crippen molar-refractivity contribution in [2.45, 2.75) is 4.90 Å². The van der Waals surface area contributed by atoms with Crippen LogP contribution in [0.4, 0.5) is 0 Å². The van der Waals surface area contributed by atoms with Gasteiger partial charge in [-0.1, -0.05) is 6.07 Å². The van der Waals surface area contributed by atoms with Gasteiger partial charge in [0.25, 0.3) is 9.05 Å². The van der Waals surface area contributed by atoms with Gasteiger partial charge in [0, 0.05) is 23.1 Å². The summed E-state index contributed by atoms with van der Waals surface area (Å²) in [5.74, 6) is 0.188. The van der Waals surface area contributed by atoms with Crippen LogP contribution in [0.1, 0.15) is 0 Å². The molecule has 0 spiro atoms. The number of aromatic nitrogens is 2. The number of hydrogen-bond donors (Lipinski definition) is 0. The lowest BCUT2D eigenvalue weighted by Crippen LogP contribution is -2.05. The van der Waals surface area contributed by atoms with E-state index in [-0.39, 0.29) is 10.6 Å². The van der Waals surface area contributed by atoms with Crippen LogP contribution in [0.3, 0.4) is 0 Å². The van der Waals surface area contributed by atoms with Crippen LogP contribution < -0.4 is 4.74 Å². The number of benzene rings is 1. The third kappa shape index (κ3) is 2.27. The average molecular weight is 273 g/mol. The van der Waals surface area contributed by atoms with Crippen LogP contribution in [0.5, 0.6) is 5.75 Å². The zero-order chi connectivity index (χ0) is 12.5. The van der Waals surface area contributed by atoms with Crippen LogP contribution in [0.2, 0.25) is 0 Å². The molecule has 1 aromatic carbocycles. The minimum Gasteiger partial charge on any atom is -0.495 e. The summed E-state index contributed by atoms with van der Waals surface area (Å²) in [6, 6.07) is 6.48. The average Bonchev–Trinajstić information content (AvgIpc) is 2.80. The standard InChI is InChI=1S/C10H9ClN2O3S/c1-16-9-5-2-4-8(10(9)17(11,14)15)13-7-3-6-12-13/h2-7H,1H3. The van der Waals surface area contributed by atoms with Crippen LogP contribution in [0.15, 0.2) is 41.6 Å². The van der Waals surface area contributed by atoms with E-state index in [1.54, 1.807) is 30.6 Å². The fourth-order valence-corrected chi connectivity index (χ4v) is 2.77. The molecule has 0 unspecified atom stereocenters. The first-order valence-corrected chi connectivity index (χ1v) is 6.96. The van der Waals surface area contributed by atoms with Crippen molar-refractivity contribution in [2.24, 2.45) is 0 Å². The van der Waals surface area contributed by atoms with E-state index >= 15 is 0 Å². The molecule has 0 aliphatic heterocycles. The van der Waals surface area contributed by atoms with E-state index < -0.39 is 9.05 Å². The maximum Gasteiger partial charge on any atom is 0.267 e. The first-order valence-electron chi connectivity index (χ1n) is 4.65. The summed E-state index contributed by atoms with van der Waals surface area (Å²) in [7, 11) is 2.88. The fraction of sp³-hybridized carbons (Fsp3) is 0.100. The molecule has 0 aliphatic rings. The van der Waals surface area contributed by atoms with Crippen LogP contribution in [0.25, 0.3) is 5.69 Å². The van der Waals surface area contributed by atoms with Crippen molar-refractivity contribution in [3.8, 4) is 11.4 Å². The molecule has 0 bridgehead atoms. The van der Waals surface area contributed by atoms with E-state index in [2.05, 4.69) is 5.10 Å². The van der Waals surface area contributed by atoms with Gasteiger partial charge in [-0.2, -0.15) is 5.10 Å². The van der Waals surface area contributed by atoms with Gasteiger partial charge in [0.05, 0.1) is 12.8 Å². The Morgan fingerprint density at radius 1 is 1.35 bits per heavy atom. The van der Waals surface area contributed by atoms with Crippen molar-refractivity contribution in [1.29, 1.82) is 0 Å². The van der Waals surface area contributed by atoms with Gasteiger partial charge < -0.3 is 4.74 Å². The maximum absolute atomic E-state index is 11.6. The molecule has 1 aromatic heterocycles. The Morgan fingerprint density at radius 3 is 2.65 bits per heavy atom. The van der Waals surface area contributed by atoms with Crippen LogP contribution in [-0.4, -0.2) is 25.3 Å². The zero-order valence-electron chi connectivity index (χ0n) is 8.87. The van der Waals surface area contributed by atoms with Crippen LogP contribution in [0, 0.1) is 0 Å². The van der Waals surface area contributed by atoms with E-state index in [0.29, 0.717) is 5.69 Å². The molecule has 7 heteroatoms. The largest absolute Gasteiger partial charge is 0.495 e. The zero-order valence-corrected chi connectivity index (χ0v) is 10.4. The molecule has 0 atom stereocenters. The molecular formula is C10H9ClN2O3S. The summed E-state index contributed by atoms with van der Waals surface area (Å²) in [6.07, 6.45) is 3.17. The lowest BCUT2D eigenvalue weighted by atomic mass is 10.3. The molecule has 5 nitrogen and oxygen atoms in total. The molecule has 1 heterocycles. The van der Waals surface area contributed by atoms with Crippen LogP contribution in [-0.2, 0) is 9.05 Å². The highest BCUT2D eigenvalue weighted by Gasteiger charge is 2.22. The molecule has 90 valence electrons. The number of hydrogen-bond acceptors (Lipinski definition) is 4. The van der Waals surface area contributed by atoms with Crippen molar-refractivity contribution in [1.82, 2.24) is 9.78 Å². The quantitative estimate of drug-likeness (QED) is 0.800. The van der Waals surface area contributed by atoms with E-state index in [0.717, 1.165) is 0 Å². The van der Waals surface area contributed by atoms with Crippen LogP contribution >= 0.6 is 10.7 Å². The third-order valence-electron chi connectivity index (χ3n) is 2.17. The Kier molecular flexibility index (Phi) is 3.08. The van der Waals surface area contributed by atoms with E-state index in [1.165, 1.54) is 17.9 Å². The minimum absolute atomic E-state index is 0.0899. The third-order valence-corrected chi connectivity index (χ3v) is 3.53. The van der Waals surface area contributed by atoms with Gasteiger partial charge >= 0.3 is 0 Å². The second-order valence-electron chi connectivity index (χ2n) is 3.20. The first-order chi connectivity index (χ1) is 8.04. The highest BCUT2D eigenvalue weighted by molar-refractivity contribution is 8.14. The Bertz CT molecular complexity index is 623. The van der Waals surface area contributed by atoms with Gasteiger partial charge in [0.2, 0.25) is 0 Å². The molecule has 0 amide bonds. The topological polar surface area (TPSA) is 61.2 Å². The molecule has 17 heavy (non-hydrogen) atoms. The predicted octanol–water partition coefficient (Wildman–Crippen LogP) is 1.81. The summed E-state index contributed by atoms with van der Waals surface area (Å²) in [4.78, 5) is -0.0899. The van der Waals surface area contributed by atoms with Crippen molar-refractivity contribution >= 4 is 19.7 Å². The lowest BCUT2D eigenvalue weighted by Gasteiger charge is -2.10. The fourth-order valence-electron chi connectivity index (χ4n) is 1.50. The number of rotatable bonds is 3. The Morgan fingerprint density at radius 2 is 2.12 bits per heavy atom. The van der Waals surface area contributed by atoms with Crippen molar-refractivity contribution in [2.75, 3.05) is 7.11 Å². The van der Waals surface area contributed by atoms with Gasteiger partial charge in [0.15, 0.2) is 0 Å². The molecule has 0 fully saturated rings. The Hall–Kier alpha value is -1.53. The minimum atomic E-state index is -3.92. The molecule has 0 saturated heterocycles. The molecule has 2 aromatic rings. The second kappa shape index (κ2) is 4.38. The highest BCUT2D eigenvalue weighted by Crippen LogP contribution is 2.32. The molecule has 0 N–H and O–H groups in total. The normalized spacial score (nSPS) is 11.4. The molecule has 2 rings (SSSR count). The van der Waals surface area contributed by atoms with E-state index in [9.17, 15) is 8.42 Å². The summed E-state index contributed by atoms with van der Waals surface area (Å²) < 4.78 is 29.6. The summed E-state index contributed by atoms with van der Waals surface area (Å²) in [5.41, 5.74) is 0.351. The highest BCUT2D eigenvalue weighted by atomic mass is 35.7. The van der Waals surface area contributed by atoms with E-state index in [1.807, 2.05) is 0 Å². The van der Waals surface area contributed by atoms with Gasteiger partial charge in [-0.05, 0) is 18.2 Å². The molecule has 0 saturated carbocycles. The summed E-state index contributed by atoms with van der Waals surface area (Å²) >= 11 is 0. The number of ether oxygens (including phenoxy) is 1. The number of methoxy groups -OCH3 is 1. The van der Waals surface area contributed by atoms with Crippen molar-refractivity contribution in [3.63, 3.8) is 0 Å².